The van der Waals surface area contributed by atoms with Gasteiger partial charge in [0.25, 0.3) is 0 Å². The molecule has 65 heavy (non-hydrogen) atoms. The lowest BCUT2D eigenvalue weighted by Gasteiger charge is -2.42. The Morgan fingerprint density at radius 2 is 0.938 bits per heavy atom. The van der Waals surface area contributed by atoms with Crippen molar-refractivity contribution in [1.29, 1.82) is 0 Å². The molecule has 2 saturated heterocycles. The molecular weight excluding hydrogens is 841 g/mol. The fourth-order valence-corrected chi connectivity index (χ4v) is 7.64. The molecule has 0 aromatic rings. The molecule has 15 nitrogen and oxygen atoms in total. The molecule has 0 aliphatic carbocycles. The van der Waals surface area contributed by atoms with Gasteiger partial charge in [0.15, 0.2) is 18.7 Å². The smallest absolute Gasteiger partial charge is 0.306 e. The van der Waals surface area contributed by atoms with Crippen LogP contribution in [-0.2, 0) is 38.0 Å². The molecule has 0 radical (unpaired) electrons. The Morgan fingerprint density at radius 3 is 1.52 bits per heavy atom. The zero-order chi connectivity index (χ0) is 47.5. The number of ether oxygens (including phenoxy) is 6. The van der Waals surface area contributed by atoms with E-state index in [4.69, 9.17) is 28.4 Å². The summed E-state index contributed by atoms with van der Waals surface area (Å²) < 4.78 is 33.5. The number of allylic oxidation sites excluding steroid dienone is 6. The van der Waals surface area contributed by atoms with Gasteiger partial charge >= 0.3 is 11.9 Å². The maximum atomic E-state index is 13.0. The number of hydrogen-bond donors (Lipinski definition) is 7. The van der Waals surface area contributed by atoms with E-state index in [-0.39, 0.29) is 19.4 Å². The van der Waals surface area contributed by atoms with Crippen molar-refractivity contribution in [3.8, 4) is 0 Å². The van der Waals surface area contributed by atoms with E-state index in [9.17, 15) is 45.3 Å². The Bertz CT molecular complexity index is 1280. The van der Waals surface area contributed by atoms with Crippen molar-refractivity contribution in [1.82, 2.24) is 0 Å². The molecule has 2 aliphatic rings. The van der Waals surface area contributed by atoms with Crippen molar-refractivity contribution in [3.05, 3.63) is 36.5 Å². The largest absolute Gasteiger partial charge is 0.462 e. The van der Waals surface area contributed by atoms with Crippen LogP contribution in [0.4, 0.5) is 0 Å². The van der Waals surface area contributed by atoms with Crippen molar-refractivity contribution in [2.75, 3.05) is 26.4 Å². The first-order valence-corrected chi connectivity index (χ1v) is 25.1. The predicted octanol–water partition coefficient (Wildman–Crippen LogP) is 6.54. The molecule has 0 bridgehead atoms. The lowest BCUT2D eigenvalue weighted by molar-refractivity contribution is -0.332. The van der Waals surface area contributed by atoms with E-state index in [1.165, 1.54) is 70.6 Å². The molecule has 7 N–H and O–H groups in total. The lowest BCUT2D eigenvalue weighted by Crippen LogP contribution is -2.61. The summed E-state index contributed by atoms with van der Waals surface area (Å²) in [5.41, 5.74) is 0. The maximum Gasteiger partial charge on any atom is 0.306 e. The van der Waals surface area contributed by atoms with Gasteiger partial charge in [-0.25, -0.2) is 0 Å². The van der Waals surface area contributed by atoms with Crippen molar-refractivity contribution in [2.24, 2.45) is 0 Å². The number of unbranched alkanes of at least 4 members (excludes halogenated alkanes) is 18. The summed E-state index contributed by atoms with van der Waals surface area (Å²) in [6.07, 6.45) is 21.8. The van der Waals surface area contributed by atoms with Crippen LogP contribution in [0.15, 0.2) is 36.5 Å². The first kappa shape index (κ1) is 58.8. The van der Waals surface area contributed by atoms with Crippen LogP contribution in [0.5, 0.6) is 0 Å². The number of aliphatic hydroxyl groups excluding tert-OH is 7. The Hall–Kier alpha value is -2.28. The lowest BCUT2D eigenvalue weighted by atomic mass is 9.98. The number of aliphatic hydroxyl groups is 7. The first-order valence-electron chi connectivity index (χ1n) is 25.1. The van der Waals surface area contributed by atoms with Gasteiger partial charge in [0, 0.05) is 12.8 Å². The molecule has 0 aromatic heterocycles. The second-order valence-electron chi connectivity index (χ2n) is 17.6. The van der Waals surface area contributed by atoms with Gasteiger partial charge in [-0.15, -0.1) is 0 Å². The van der Waals surface area contributed by atoms with Gasteiger partial charge < -0.3 is 64.2 Å². The molecule has 2 aliphatic heterocycles. The molecule has 378 valence electrons. The summed E-state index contributed by atoms with van der Waals surface area (Å²) >= 11 is 0. The predicted molar refractivity (Wildman–Crippen MR) is 247 cm³/mol. The van der Waals surface area contributed by atoms with E-state index in [1.54, 1.807) is 0 Å². The second kappa shape index (κ2) is 37.7. The van der Waals surface area contributed by atoms with Crippen LogP contribution >= 0.6 is 0 Å². The SMILES string of the molecule is CCCC/C=C/C/C=C/CCCCCCCC(=O)O[C@H](COC(=O)CCCC/C=C/CCCCCCCCCCC)CO[C@@H]1O[C@H](CO[C@@H]2O[C@H](CO)[C@H](O)C(O)C2O)[C@H](O)C(O)C1O. The van der Waals surface area contributed by atoms with Gasteiger partial charge in [-0.1, -0.05) is 134 Å². The zero-order valence-electron chi connectivity index (χ0n) is 39.7. The van der Waals surface area contributed by atoms with Crippen LogP contribution in [0.3, 0.4) is 0 Å². The van der Waals surface area contributed by atoms with E-state index >= 15 is 0 Å². The third kappa shape index (κ3) is 26.2. The fraction of sp³-hybridized carbons (Fsp3) is 0.840. The van der Waals surface area contributed by atoms with Crippen molar-refractivity contribution >= 4 is 11.9 Å². The highest BCUT2D eigenvalue weighted by Crippen LogP contribution is 2.26. The molecule has 2 fully saturated rings. The Balaban J connectivity index is 1.84. The van der Waals surface area contributed by atoms with E-state index in [0.29, 0.717) is 12.8 Å². The van der Waals surface area contributed by atoms with Crippen molar-refractivity contribution in [2.45, 2.75) is 242 Å². The van der Waals surface area contributed by atoms with Gasteiger partial charge in [-0.2, -0.15) is 0 Å². The van der Waals surface area contributed by atoms with Crippen LogP contribution in [0, 0.1) is 0 Å². The standard InChI is InChI=1S/C50H88O15/c1-3-5-7-9-11-13-15-17-19-21-22-24-26-28-30-32-41(52)60-35-38(63-42(53)33-31-29-27-25-23-20-18-16-14-12-10-8-6-4-2)36-61-49-48(59)46(57)44(55)40(65-49)37-62-50-47(58)45(56)43(54)39(34-51)64-50/h10,12,16,18,22,24,38-40,43-51,54-59H,3-9,11,13-15,17,19-21,23,25-37H2,1-2H3/b12-10+,18-16+,24-22+/t38-,39-,40-,43+,44+,45?,46?,47?,48?,49-,50-/m1/s1. The number of carbonyl (C=O) groups is 2. The molecule has 2 rings (SSSR count). The minimum atomic E-state index is -1.77. The summed E-state index contributed by atoms with van der Waals surface area (Å²) in [5, 5.41) is 72.0. The van der Waals surface area contributed by atoms with Gasteiger partial charge in [0.1, 0.15) is 55.4 Å². The summed E-state index contributed by atoms with van der Waals surface area (Å²) in [6.45, 7) is 2.50. The van der Waals surface area contributed by atoms with E-state index in [2.05, 4.69) is 50.3 Å². The Labute approximate surface area is 389 Å². The van der Waals surface area contributed by atoms with Crippen molar-refractivity contribution in [3.63, 3.8) is 0 Å². The average Bonchev–Trinajstić information content (AvgIpc) is 3.30. The van der Waals surface area contributed by atoms with Crippen LogP contribution in [0.2, 0.25) is 0 Å². The number of carbonyl (C=O) groups excluding carboxylic acids is 2. The summed E-state index contributed by atoms with van der Waals surface area (Å²) in [5.74, 6) is -0.967. The molecule has 0 aromatic carbocycles. The number of rotatable bonds is 38. The highest BCUT2D eigenvalue weighted by atomic mass is 16.7. The third-order valence-electron chi connectivity index (χ3n) is 11.8. The van der Waals surface area contributed by atoms with E-state index in [1.807, 2.05) is 0 Å². The number of hydrogen-bond acceptors (Lipinski definition) is 15. The van der Waals surface area contributed by atoms with Crippen LogP contribution < -0.4 is 0 Å². The molecule has 15 heteroatoms. The zero-order valence-corrected chi connectivity index (χ0v) is 39.7. The monoisotopic (exact) mass is 929 g/mol. The Morgan fingerprint density at radius 1 is 0.492 bits per heavy atom. The van der Waals surface area contributed by atoms with E-state index in [0.717, 1.165) is 64.2 Å². The molecule has 2 heterocycles. The van der Waals surface area contributed by atoms with Gasteiger partial charge in [0.2, 0.25) is 0 Å². The molecule has 4 unspecified atom stereocenters. The maximum absolute atomic E-state index is 13.0. The highest BCUT2D eigenvalue weighted by Gasteiger charge is 2.47. The van der Waals surface area contributed by atoms with Crippen molar-refractivity contribution < 1.29 is 73.8 Å². The van der Waals surface area contributed by atoms with Crippen LogP contribution in [-0.4, -0.2) is 142 Å². The van der Waals surface area contributed by atoms with Crippen LogP contribution in [0.25, 0.3) is 0 Å². The highest BCUT2D eigenvalue weighted by molar-refractivity contribution is 5.70. The summed E-state index contributed by atoms with van der Waals surface area (Å²) in [4.78, 5) is 25.7. The van der Waals surface area contributed by atoms with E-state index < -0.39 is 99.3 Å². The van der Waals surface area contributed by atoms with Gasteiger partial charge in [0.05, 0.1) is 19.8 Å². The molecule has 0 amide bonds. The molecule has 0 saturated carbocycles. The molecule has 0 spiro atoms. The first-order chi connectivity index (χ1) is 31.5. The minimum Gasteiger partial charge on any atom is -0.462 e. The number of esters is 2. The molecular formula is C50H88O15. The Kier molecular flexibility index (Phi) is 34.1. The van der Waals surface area contributed by atoms with Gasteiger partial charge in [-0.3, -0.25) is 9.59 Å². The topological polar surface area (TPSA) is 231 Å². The fourth-order valence-electron chi connectivity index (χ4n) is 7.64. The van der Waals surface area contributed by atoms with Crippen LogP contribution in [0.1, 0.15) is 174 Å². The second-order valence-corrected chi connectivity index (χ2v) is 17.6. The van der Waals surface area contributed by atoms with Gasteiger partial charge in [-0.05, 0) is 64.2 Å². The average molecular weight is 929 g/mol. The third-order valence-corrected chi connectivity index (χ3v) is 11.8. The summed E-state index contributed by atoms with van der Waals surface area (Å²) in [7, 11) is 0. The normalized spacial score (nSPS) is 26.7. The minimum absolute atomic E-state index is 0.145. The summed E-state index contributed by atoms with van der Waals surface area (Å²) in [6, 6.07) is 0. The molecule has 11 atom stereocenters. The quantitative estimate of drug-likeness (QED) is 0.0198.